The molecule has 2 heterocycles. The van der Waals surface area contributed by atoms with E-state index in [0.29, 0.717) is 18.3 Å². The fourth-order valence-corrected chi connectivity index (χ4v) is 4.08. The molecule has 2 N–H and O–H groups in total. The summed E-state index contributed by atoms with van der Waals surface area (Å²) in [5, 5.41) is 5.07. The van der Waals surface area contributed by atoms with E-state index in [1.165, 1.54) is 28.0 Å². The highest BCUT2D eigenvalue weighted by Gasteiger charge is 2.32. The summed E-state index contributed by atoms with van der Waals surface area (Å²) in [6.07, 6.45) is 2.24. The van der Waals surface area contributed by atoms with Crippen LogP contribution < -0.4 is 10.2 Å². The minimum absolute atomic E-state index is 0.0908. The number of halogens is 2. The fourth-order valence-electron chi connectivity index (χ4n) is 2.95. The SMILES string of the molecule is O=C(C[NH+]1CCC[C@@H]1c1cccs1)Nc1ccc(F)cc1Cl. The van der Waals surface area contributed by atoms with Gasteiger partial charge in [0.25, 0.3) is 5.91 Å². The summed E-state index contributed by atoms with van der Waals surface area (Å²) in [6.45, 7) is 1.39. The van der Waals surface area contributed by atoms with Crippen molar-refractivity contribution in [3.8, 4) is 0 Å². The molecular weight excluding hydrogens is 323 g/mol. The summed E-state index contributed by atoms with van der Waals surface area (Å²) in [5.74, 6) is -0.502. The molecular formula is C16H17ClFN2OS+. The molecule has 2 aromatic rings. The molecule has 1 amide bonds. The van der Waals surface area contributed by atoms with Crippen LogP contribution in [0, 0.1) is 5.82 Å². The van der Waals surface area contributed by atoms with Gasteiger partial charge in [0.2, 0.25) is 0 Å². The van der Waals surface area contributed by atoms with E-state index in [4.69, 9.17) is 11.6 Å². The van der Waals surface area contributed by atoms with Crippen molar-refractivity contribution in [2.75, 3.05) is 18.4 Å². The van der Waals surface area contributed by atoms with Crippen molar-refractivity contribution in [3.63, 3.8) is 0 Å². The number of benzene rings is 1. The summed E-state index contributed by atoms with van der Waals surface area (Å²) < 4.78 is 13.0. The number of amides is 1. The fraction of sp³-hybridized carbons (Fsp3) is 0.312. The summed E-state index contributed by atoms with van der Waals surface area (Å²) in [4.78, 5) is 14.8. The monoisotopic (exact) mass is 339 g/mol. The van der Waals surface area contributed by atoms with E-state index >= 15 is 0 Å². The van der Waals surface area contributed by atoms with Crippen molar-refractivity contribution in [2.24, 2.45) is 0 Å². The number of anilines is 1. The first-order chi connectivity index (χ1) is 10.6. The number of thiophene rings is 1. The maximum Gasteiger partial charge on any atom is 0.279 e. The molecule has 1 aromatic carbocycles. The van der Waals surface area contributed by atoms with Crippen molar-refractivity contribution in [1.29, 1.82) is 0 Å². The van der Waals surface area contributed by atoms with Crippen LogP contribution in [0.2, 0.25) is 5.02 Å². The van der Waals surface area contributed by atoms with E-state index in [1.54, 1.807) is 11.3 Å². The van der Waals surface area contributed by atoms with E-state index in [-0.39, 0.29) is 10.9 Å². The highest BCUT2D eigenvalue weighted by molar-refractivity contribution is 7.10. The second-order valence-electron chi connectivity index (χ2n) is 5.47. The van der Waals surface area contributed by atoms with Crippen LogP contribution in [0.1, 0.15) is 23.8 Å². The lowest BCUT2D eigenvalue weighted by Gasteiger charge is -2.20. The first kappa shape index (κ1) is 15.5. The number of rotatable bonds is 4. The molecule has 0 aliphatic carbocycles. The van der Waals surface area contributed by atoms with Crippen LogP contribution in [0.15, 0.2) is 35.7 Å². The van der Waals surface area contributed by atoms with Gasteiger partial charge in [0, 0.05) is 12.8 Å². The molecule has 1 aliphatic rings. The molecule has 3 nitrogen and oxygen atoms in total. The van der Waals surface area contributed by atoms with Gasteiger partial charge in [-0.05, 0) is 29.6 Å². The Labute approximate surface area is 137 Å². The normalized spacial score (nSPS) is 21.0. The second-order valence-corrected chi connectivity index (χ2v) is 6.85. The van der Waals surface area contributed by atoms with Gasteiger partial charge in [0.1, 0.15) is 11.9 Å². The molecule has 0 saturated carbocycles. The molecule has 1 fully saturated rings. The molecule has 0 radical (unpaired) electrons. The number of quaternary nitrogens is 1. The Morgan fingerprint density at radius 2 is 2.32 bits per heavy atom. The Bertz CT molecular complexity index is 662. The van der Waals surface area contributed by atoms with Crippen LogP contribution >= 0.6 is 22.9 Å². The standard InChI is InChI=1S/C16H16ClFN2OS/c17-12-9-11(18)5-6-13(12)19-16(21)10-20-7-1-3-14(20)15-4-2-8-22-15/h2,4-6,8-9,14H,1,3,7,10H2,(H,19,21)/p+1/t14-/m1/s1. The molecule has 0 bridgehead atoms. The van der Waals surface area contributed by atoms with Crippen LogP contribution in [0.4, 0.5) is 10.1 Å². The molecule has 1 aromatic heterocycles. The first-order valence-electron chi connectivity index (χ1n) is 7.26. The average molecular weight is 340 g/mol. The number of carbonyl (C=O) groups excluding carboxylic acids is 1. The van der Waals surface area contributed by atoms with E-state index in [9.17, 15) is 9.18 Å². The van der Waals surface area contributed by atoms with Crippen LogP contribution in [-0.2, 0) is 4.79 Å². The number of carbonyl (C=O) groups is 1. The van der Waals surface area contributed by atoms with Crippen LogP contribution in [0.3, 0.4) is 0 Å². The van der Waals surface area contributed by atoms with Gasteiger partial charge < -0.3 is 10.2 Å². The smallest absolute Gasteiger partial charge is 0.279 e. The van der Waals surface area contributed by atoms with Gasteiger partial charge in [0.15, 0.2) is 6.54 Å². The number of nitrogens with one attached hydrogen (secondary N) is 2. The molecule has 1 unspecified atom stereocenters. The molecule has 116 valence electrons. The second kappa shape index (κ2) is 6.77. The molecule has 3 rings (SSSR count). The van der Waals surface area contributed by atoms with E-state index < -0.39 is 5.82 Å². The highest BCUT2D eigenvalue weighted by atomic mass is 35.5. The van der Waals surface area contributed by atoms with Crippen LogP contribution in [0.25, 0.3) is 0 Å². The number of hydrogen-bond donors (Lipinski definition) is 2. The maximum atomic E-state index is 13.0. The van der Waals surface area contributed by atoms with Gasteiger partial charge in [0.05, 0.1) is 22.1 Å². The Morgan fingerprint density at radius 3 is 3.05 bits per heavy atom. The van der Waals surface area contributed by atoms with Crippen molar-refractivity contribution < 1.29 is 14.1 Å². The topological polar surface area (TPSA) is 33.5 Å². The van der Waals surface area contributed by atoms with Gasteiger partial charge >= 0.3 is 0 Å². The van der Waals surface area contributed by atoms with Crippen LogP contribution in [0.5, 0.6) is 0 Å². The molecule has 22 heavy (non-hydrogen) atoms. The van der Waals surface area contributed by atoms with Crippen LogP contribution in [-0.4, -0.2) is 19.0 Å². The van der Waals surface area contributed by atoms with Gasteiger partial charge in [-0.15, -0.1) is 11.3 Å². The molecule has 1 aliphatic heterocycles. The quantitative estimate of drug-likeness (QED) is 0.882. The lowest BCUT2D eigenvalue weighted by Crippen LogP contribution is -3.11. The van der Waals surface area contributed by atoms with E-state index in [0.717, 1.165) is 19.4 Å². The predicted octanol–water partition coefficient (Wildman–Crippen LogP) is 2.90. The summed E-state index contributed by atoms with van der Waals surface area (Å²) in [6, 6.07) is 8.57. The van der Waals surface area contributed by atoms with Gasteiger partial charge in [-0.25, -0.2) is 4.39 Å². The molecule has 0 spiro atoms. The molecule has 6 heteroatoms. The lowest BCUT2D eigenvalue weighted by molar-refractivity contribution is -0.910. The predicted molar refractivity (Wildman–Crippen MR) is 87.0 cm³/mol. The average Bonchev–Trinajstić information content (AvgIpc) is 3.12. The Hall–Kier alpha value is -1.43. The summed E-state index contributed by atoms with van der Waals surface area (Å²) >= 11 is 7.68. The number of hydrogen-bond acceptors (Lipinski definition) is 2. The van der Waals surface area contributed by atoms with Crippen molar-refractivity contribution in [1.82, 2.24) is 0 Å². The van der Waals surface area contributed by atoms with Gasteiger partial charge in [-0.2, -0.15) is 0 Å². The summed E-state index contributed by atoms with van der Waals surface area (Å²) in [5.41, 5.74) is 0.458. The zero-order chi connectivity index (χ0) is 15.5. The third kappa shape index (κ3) is 3.48. The maximum absolute atomic E-state index is 13.0. The Kier molecular flexibility index (Phi) is 4.76. The minimum atomic E-state index is -0.411. The van der Waals surface area contributed by atoms with E-state index in [1.807, 2.05) is 6.07 Å². The third-order valence-corrected chi connectivity index (χ3v) is 5.26. The zero-order valence-electron chi connectivity index (χ0n) is 11.9. The first-order valence-corrected chi connectivity index (χ1v) is 8.52. The van der Waals surface area contributed by atoms with E-state index in [2.05, 4.69) is 16.8 Å². The van der Waals surface area contributed by atoms with Gasteiger partial charge in [-0.3, -0.25) is 4.79 Å². The number of likely N-dealkylation sites (tertiary alicyclic amines) is 1. The largest absolute Gasteiger partial charge is 0.320 e. The lowest BCUT2D eigenvalue weighted by atomic mass is 10.2. The summed E-state index contributed by atoms with van der Waals surface area (Å²) in [7, 11) is 0. The Morgan fingerprint density at radius 1 is 1.45 bits per heavy atom. The minimum Gasteiger partial charge on any atom is -0.320 e. The molecule has 2 atom stereocenters. The zero-order valence-corrected chi connectivity index (χ0v) is 13.5. The van der Waals surface area contributed by atoms with Crippen molar-refractivity contribution >= 4 is 34.5 Å². The van der Waals surface area contributed by atoms with Gasteiger partial charge in [-0.1, -0.05) is 17.7 Å². The Balaban J connectivity index is 1.64. The highest BCUT2D eigenvalue weighted by Crippen LogP contribution is 2.24. The van der Waals surface area contributed by atoms with Crippen molar-refractivity contribution in [2.45, 2.75) is 18.9 Å². The molecule has 1 saturated heterocycles. The van der Waals surface area contributed by atoms with Crippen molar-refractivity contribution in [3.05, 3.63) is 51.4 Å². The third-order valence-electron chi connectivity index (χ3n) is 3.96.